The van der Waals surface area contributed by atoms with Gasteiger partial charge in [-0.2, -0.15) is 13.2 Å². The fraction of sp³-hybridized carbons (Fsp3) is 0.267. The summed E-state index contributed by atoms with van der Waals surface area (Å²) in [5.74, 6) is -0.168. The van der Waals surface area contributed by atoms with Crippen molar-refractivity contribution in [2.45, 2.75) is 26.4 Å². The van der Waals surface area contributed by atoms with Crippen LogP contribution in [0.4, 0.5) is 18.9 Å². The molecule has 1 aromatic heterocycles. The molecule has 0 saturated heterocycles. The quantitative estimate of drug-likeness (QED) is 0.911. The van der Waals surface area contributed by atoms with Gasteiger partial charge in [0.25, 0.3) is 5.56 Å². The zero-order chi connectivity index (χ0) is 17.2. The first-order chi connectivity index (χ1) is 10.7. The summed E-state index contributed by atoms with van der Waals surface area (Å²) in [5, 5.41) is 2.35. The third-order valence-electron chi connectivity index (χ3n) is 3.15. The molecule has 0 aliphatic heterocycles. The summed E-state index contributed by atoms with van der Waals surface area (Å²) in [5.41, 5.74) is -0.694. The predicted molar refractivity (Wildman–Crippen MR) is 78.1 cm³/mol. The van der Waals surface area contributed by atoms with Gasteiger partial charge in [-0.15, -0.1) is 0 Å². The molecule has 8 heteroatoms. The monoisotopic (exact) mass is 325 g/mol. The van der Waals surface area contributed by atoms with Crippen molar-refractivity contribution in [1.29, 1.82) is 0 Å². The predicted octanol–water partition coefficient (Wildman–Crippen LogP) is 2.59. The zero-order valence-corrected chi connectivity index (χ0v) is 12.4. The molecule has 122 valence electrons. The van der Waals surface area contributed by atoms with Gasteiger partial charge in [0.15, 0.2) is 0 Å². The lowest BCUT2D eigenvalue weighted by Crippen LogP contribution is -2.24. The number of benzene rings is 1. The zero-order valence-electron chi connectivity index (χ0n) is 12.4. The van der Waals surface area contributed by atoms with E-state index in [1.165, 1.54) is 12.1 Å². The molecular formula is C15H14F3N3O2. The van der Waals surface area contributed by atoms with Crippen LogP contribution >= 0.6 is 0 Å². The maximum Gasteiger partial charge on any atom is 0.416 e. The molecule has 5 nitrogen and oxygen atoms in total. The lowest BCUT2D eigenvalue weighted by molar-refractivity contribution is -0.137. The molecule has 0 saturated carbocycles. The fourth-order valence-corrected chi connectivity index (χ4v) is 2.10. The highest BCUT2D eigenvalue weighted by molar-refractivity contribution is 5.92. The van der Waals surface area contributed by atoms with E-state index in [4.69, 9.17) is 0 Å². The molecular weight excluding hydrogens is 311 g/mol. The van der Waals surface area contributed by atoms with E-state index in [1.807, 2.05) is 0 Å². The second kappa shape index (κ2) is 6.23. The van der Waals surface area contributed by atoms with E-state index >= 15 is 0 Å². The Morgan fingerprint density at radius 3 is 2.61 bits per heavy atom. The largest absolute Gasteiger partial charge is 0.416 e. The minimum Gasteiger partial charge on any atom is -0.326 e. The Morgan fingerprint density at radius 1 is 1.30 bits per heavy atom. The van der Waals surface area contributed by atoms with Gasteiger partial charge in [0.05, 0.1) is 12.0 Å². The van der Waals surface area contributed by atoms with Gasteiger partial charge in [-0.05, 0) is 32.0 Å². The lowest BCUT2D eigenvalue weighted by Gasteiger charge is -2.10. The summed E-state index contributed by atoms with van der Waals surface area (Å²) in [6.07, 6.45) is -4.76. The number of amides is 1. The van der Waals surface area contributed by atoms with E-state index < -0.39 is 23.2 Å². The molecule has 2 aromatic rings. The van der Waals surface area contributed by atoms with Gasteiger partial charge in [-0.3, -0.25) is 9.59 Å². The van der Waals surface area contributed by atoms with Crippen molar-refractivity contribution in [2.75, 3.05) is 5.32 Å². The number of hydrogen-bond donors (Lipinski definition) is 2. The average Bonchev–Trinajstić information content (AvgIpc) is 2.42. The second-order valence-corrected chi connectivity index (χ2v) is 5.02. The SMILES string of the molecule is Cc1nc(C)c(CC(=O)Nc2cccc(C(F)(F)F)c2)c(=O)[nH]1. The van der Waals surface area contributed by atoms with Crippen LogP contribution in [0.5, 0.6) is 0 Å². The highest BCUT2D eigenvalue weighted by Gasteiger charge is 2.30. The van der Waals surface area contributed by atoms with Crippen LogP contribution in [-0.2, 0) is 17.4 Å². The standard InChI is InChI=1S/C15H14F3N3O2/c1-8-12(14(23)20-9(2)19-8)7-13(22)21-11-5-3-4-10(6-11)15(16,17)18/h3-6H,7H2,1-2H3,(H,21,22)(H,19,20,23). The number of rotatable bonds is 3. The first-order valence-corrected chi connectivity index (χ1v) is 6.70. The summed E-state index contributed by atoms with van der Waals surface area (Å²) in [6.45, 7) is 3.20. The number of anilines is 1. The number of carbonyl (C=O) groups excluding carboxylic acids is 1. The third kappa shape index (κ3) is 4.18. The third-order valence-corrected chi connectivity index (χ3v) is 3.15. The maximum absolute atomic E-state index is 12.6. The number of H-pyrrole nitrogens is 1. The minimum absolute atomic E-state index is 0.0129. The summed E-state index contributed by atoms with van der Waals surface area (Å²) < 4.78 is 37.9. The molecule has 0 atom stereocenters. The van der Waals surface area contributed by atoms with Crippen LogP contribution in [0, 0.1) is 13.8 Å². The molecule has 2 N–H and O–H groups in total. The molecule has 0 radical (unpaired) electrons. The molecule has 0 aliphatic rings. The van der Waals surface area contributed by atoms with E-state index in [-0.39, 0.29) is 17.7 Å². The summed E-state index contributed by atoms with van der Waals surface area (Å²) in [7, 11) is 0. The number of hydrogen-bond acceptors (Lipinski definition) is 3. The normalized spacial score (nSPS) is 11.3. The van der Waals surface area contributed by atoms with Crippen LogP contribution in [0.25, 0.3) is 0 Å². The van der Waals surface area contributed by atoms with Crippen LogP contribution in [0.2, 0.25) is 0 Å². The van der Waals surface area contributed by atoms with Gasteiger partial charge < -0.3 is 10.3 Å². The number of aryl methyl sites for hydroxylation is 2. The Labute approximate surface area is 129 Å². The molecule has 1 aromatic carbocycles. The van der Waals surface area contributed by atoms with Gasteiger partial charge in [0.1, 0.15) is 5.82 Å². The highest BCUT2D eigenvalue weighted by atomic mass is 19.4. The van der Waals surface area contributed by atoms with Crippen LogP contribution in [0.3, 0.4) is 0 Å². The number of carbonyl (C=O) groups is 1. The van der Waals surface area contributed by atoms with Gasteiger partial charge >= 0.3 is 6.18 Å². The summed E-state index contributed by atoms with van der Waals surface area (Å²) in [4.78, 5) is 30.3. The first-order valence-electron chi connectivity index (χ1n) is 6.70. The van der Waals surface area contributed by atoms with Crippen LogP contribution in [0.15, 0.2) is 29.1 Å². The van der Waals surface area contributed by atoms with Crippen molar-refractivity contribution in [3.05, 3.63) is 57.3 Å². The number of halogens is 3. The number of aromatic nitrogens is 2. The second-order valence-electron chi connectivity index (χ2n) is 5.02. The Balaban J connectivity index is 2.16. The number of nitrogens with one attached hydrogen (secondary N) is 2. The Hall–Kier alpha value is -2.64. The van der Waals surface area contributed by atoms with Crippen LogP contribution in [-0.4, -0.2) is 15.9 Å². The van der Waals surface area contributed by atoms with E-state index in [0.717, 1.165) is 12.1 Å². The van der Waals surface area contributed by atoms with Gasteiger partial charge in [-0.25, -0.2) is 4.98 Å². The van der Waals surface area contributed by atoms with E-state index in [0.29, 0.717) is 11.5 Å². The summed E-state index contributed by atoms with van der Waals surface area (Å²) in [6, 6.07) is 4.29. The molecule has 0 aliphatic carbocycles. The maximum atomic E-state index is 12.6. The van der Waals surface area contributed by atoms with Crippen molar-refractivity contribution < 1.29 is 18.0 Å². The lowest BCUT2D eigenvalue weighted by atomic mass is 10.1. The molecule has 0 spiro atoms. The molecule has 2 rings (SSSR count). The molecule has 0 bridgehead atoms. The topological polar surface area (TPSA) is 74.8 Å². The molecule has 1 heterocycles. The molecule has 0 unspecified atom stereocenters. The Bertz CT molecular complexity index is 797. The van der Waals surface area contributed by atoms with E-state index in [9.17, 15) is 22.8 Å². The number of alkyl halides is 3. The Morgan fingerprint density at radius 2 is 2.00 bits per heavy atom. The van der Waals surface area contributed by atoms with Gasteiger partial charge in [0.2, 0.25) is 5.91 Å². The average molecular weight is 325 g/mol. The molecule has 1 amide bonds. The van der Waals surface area contributed by atoms with Crippen molar-refractivity contribution in [1.82, 2.24) is 9.97 Å². The van der Waals surface area contributed by atoms with Crippen LogP contribution < -0.4 is 10.9 Å². The first kappa shape index (κ1) is 16.7. The van der Waals surface area contributed by atoms with E-state index in [2.05, 4.69) is 15.3 Å². The van der Waals surface area contributed by atoms with Gasteiger partial charge in [0, 0.05) is 16.9 Å². The molecule has 0 fully saturated rings. The van der Waals surface area contributed by atoms with Crippen molar-refractivity contribution in [3.63, 3.8) is 0 Å². The van der Waals surface area contributed by atoms with Crippen molar-refractivity contribution >= 4 is 11.6 Å². The van der Waals surface area contributed by atoms with Gasteiger partial charge in [-0.1, -0.05) is 6.07 Å². The van der Waals surface area contributed by atoms with Crippen LogP contribution in [0.1, 0.15) is 22.6 Å². The van der Waals surface area contributed by atoms with Crippen molar-refractivity contribution in [3.8, 4) is 0 Å². The minimum atomic E-state index is -4.49. The summed E-state index contributed by atoms with van der Waals surface area (Å²) >= 11 is 0. The highest BCUT2D eigenvalue weighted by Crippen LogP contribution is 2.30. The number of aromatic amines is 1. The Kier molecular flexibility index (Phi) is 4.53. The number of nitrogens with zero attached hydrogens (tertiary/aromatic N) is 1. The molecule has 23 heavy (non-hydrogen) atoms. The smallest absolute Gasteiger partial charge is 0.326 e. The van der Waals surface area contributed by atoms with Crippen molar-refractivity contribution in [2.24, 2.45) is 0 Å². The fourth-order valence-electron chi connectivity index (χ4n) is 2.10. The van der Waals surface area contributed by atoms with E-state index in [1.54, 1.807) is 13.8 Å².